The SMILES string of the molecule is Cc1n[c-]nc2c1c(C)c(C)n2C.[Y]. The fourth-order valence-corrected chi connectivity index (χ4v) is 1.69. The van der Waals surface area contributed by atoms with E-state index in [0.29, 0.717) is 0 Å². The van der Waals surface area contributed by atoms with Crippen molar-refractivity contribution in [1.82, 2.24) is 14.5 Å². The number of hydrogen-bond donors (Lipinski definition) is 0. The summed E-state index contributed by atoms with van der Waals surface area (Å²) in [6, 6.07) is 0. The van der Waals surface area contributed by atoms with Crippen molar-refractivity contribution >= 4 is 11.0 Å². The van der Waals surface area contributed by atoms with E-state index in [2.05, 4.69) is 34.7 Å². The second kappa shape index (κ2) is 4.07. The number of aromatic nitrogens is 3. The predicted octanol–water partition coefficient (Wildman–Crippen LogP) is 1.69. The van der Waals surface area contributed by atoms with Crippen molar-refractivity contribution in [3.05, 3.63) is 23.3 Å². The van der Waals surface area contributed by atoms with E-state index in [-0.39, 0.29) is 32.7 Å². The monoisotopic (exact) mass is 263 g/mol. The van der Waals surface area contributed by atoms with Gasteiger partial charge in [0, 0.05) is 57.4 Å². The third-order valence-corrected chi connectivity index (χ3v) is 2.70. The van der Waals surface area contributed by atoms with Crippen LogP contribution in [0.15, 0.2) is 0 Å². The Morgan fingerprint density at radius 2 is 1.79 bits per heavy atom. The molecule has 0 saturated carbocycles. The quantitative estimate of drug-likeness (QED) is 0.677. The molecule has 0 fully saturated rings. The molecule has 2 heterocycles. The van der Waals surface area contributed by atoms with Crippen LogP contribution in [0.1, 0.15) is 17.0 Å². The van der Waals surface area contributed by atoms with Crippen LogP contribution in [0.2, 0.25) is 0 Å². The summed E-state index contributed by atoms with van der Waals surface area (Å²) in [5, 5.41) is 1.17. The standard InChI is InChI=1S/C10H12N3.Y/c1-6-8(3)13(4)10-9(6)7(2)11-5-12-10;/h1-4H3;/q-1;. The summed E-state index contributed by atoms with van der Waals surface area (Å²) in [7, 11) is 2.02. The fraction of sp³-hybridized carbons (Fsp3) is 0.400. The third-order valence-electron chi connectivity index (χ3n) is 2.70. The van der Waals surface area contributed by atoms with Gasteiger partial charge in [-0.1, -0.05) is 18.0 Å². The minimum Gasteiger partial charge on any atom is -0.385 e. The van der Waals surface area contributed by atoms with Crippen LogP contribution in [0.25, 0.3) is 11.0 Å². The van der Waals surface area contributed by atoms with E-state index in [1.54, 1.807) is 0 Å². The Morgan fingerprint density at radius 1 is 1.14 bits per heavy atom. The van der Waals surface area contributed by atoms with Crippen LogP contribution in [0.3, 0.4) is 0 Å². The molecule has 14 heavy (non-hydrogen) atoms. The van der Waals surface area contributed by atoms with Gasteiger partial charge in [0.25, 0.3) is 0 Å². The van der Waals surface area contributed by atoms with E-state index in [1.165, 1.54) is 16.6 Å². The van der Waals surface area contributed by atoms with E-state index in [9.17, 15) is 0 Å². The van der Waals surface area contributed by atoms with Crippen molar-refractivity contribution in [2.24, 2.45) is 7.05 Å². The molecule has 4 heteroatoms. The molecule has 3 nitrogen and oxygen atoms in total. The Bertz CT molecular complexity index is 474. The summed E-state index contributed by atoms with van der Waals surface area (Å²) in [4.78, 5) is 8.22. The van der Waals surface area contributed by atoms with Gasteiger partial charge in [-0.2, -0.15) is 0 Å². The maximum absolute atomic E-state index is 4.15. The first kappa shape index (κ1) is 11.8. The smallest absolute Gasteiger partial charge is 0.0288 e. The second-order valence-electron chi connectivity index (χ2n) is 3.38. The minimum atomic E-state index is 0. The summed E-state index contributed by atoms with van der Waals surface area (Å²) < 4.78 is 2.08. The molecule has 0 bridgehead atoms. The van der Waals surface area contributed by atoms with Crippen molar-refractivity contribution in [3.63, 3.8) is 0 Å². The largest absolute Gasteiger partial charge is 0.385 e. The summed E-state index contributed by atoms with van der Waals surface area (Å²) in [6.07, 6.45) is 2.66. The molecule has 0 amide bonds. The van der Waals surface area contributed by atoms with Gasteiger partial charge in [-0.15, -0.1) is 0 Å². The molecule has 0 aliphatic carbocycles. The van der Waals surface area contributed by atoms with Crippen LogP contribution in [-0.4, -0.2) is 14.5 Å². The maximum atomic E-state index is 4.15. The van der Waals surface area contributed by atoms with Gasteiger partial charge in [-0.05, 0) is 19.4 Å². The molecule has 71 valence electrons. The average Bonchev–Trinajstić information content (AvgIpc) is 2.33. The average molecular weight is 263 g/mol. The Hall–Kier alpha value is -0.276. The van der Waals surface area contributed by atoms with Crippen LogP contribution < -0.4 is 0 Å². The van der Waals surface area contributed by atoms with Gasteiger partial charge in [-0.25, -0.2) is 0 Å². The fourth-order valence-electron chi connectivity index (χ4n) is 1.69. The molecular weight excluding hydrogens is 251 g/mol. The van der Waals surface area contributed by atoms with Gasteiger partial charge in [0.2, 0.25) is 0 Å². The van der Waals surface area contributed by atoms with Crippen LogP contribution in [0, 0.1) is 27.1 Å². The molecule has 1 radical (unpaired) electrons. The minimum absolute atomic E-state index is 0. The van der Waals surface area contributed by atoms with E-state index in [4.69, 9.17) is 0 Å². The number of fused-ring (bicyclic) bond motifs is 1. The van der Waals surface area contributed by atoms with Gasteiger partial charge in [0.1, 0.15) is 0 Å². The zero-order valence-electron chi connectivity index (χ0n) is 8.92. The van der Waals surface area contributed by atoms with E-state index in [0.717, 1.165) is 11.3 Å². The topological polar surface area (TPSA) is 30.7 Å². The molecule has 2 rings (SSSR count). The second-order valence-corrected chi connectivity index (χ2v) is 3.38. The van der Waals surface area contributed by atoms with Gasteiger partial charge >= 0.3 is 0 Å². The Labute approximate surface area is 109 Å². The maximum Gasteiger partial charge on any atom is 0.0288 e. The van der Waals surface area contributed by atoms with E-state index in [1.807, 2.05) is 14.0 Å². The Balaban J connectivity index is 0.000000980. The normalized spacial score (nSPS) is 10.3. The molecule has 0 aliphatic heterocycles. The van der Waals surface area contributed by atoms with Crippen LogP contribution >= 0.6 is 0 Å². The van der Waals surface area contributed by atoms with Crippen LogP contribution in [0.4, 0.5) is 0 Å². The van der Waals surface area contributed by atoms with Gasteiger partial charge in [0.05, 0.1) is 0 Å². The molecular formula is C10H12N3Y-. The van der Waals surface area contributed by atoms with Crippen molar-refractivity contribution in [3.8, 4) is 0 Å². The van der Waals surface area contributed by atoms with Gasteiger partial charge in [0.15, 0.2) is 0 Å². The molecule has 0 aromatic carbocycles. The molecule has 0 spiro atoms. The predicted molar refractivity (Wildman–Crippen MR) is 51.6 cm³/mol. The first-order valence-electron chi connectivity index (χ1n) is 4.29. The molecule has 0 aliphatic rings. The van der Waals surface area contributed by atoms with Gasteiger partial charge < -0.3 is 14.5 Å². The van der Waals surface area contributed by atoms with Crippen molar-refractivity contribution < 1.29 is 32.7 Å². The number of aryl methyl sites for hydroxylation is 3. The Kier molecular flexibility index (Phi) is 3.43. The zero-order valence-corrected chi connectivity index (χ0v) is 11.8. The molecule has 2 aromatic rings. The number of rotatable bonds is 0. The summed E-state index contributed by atoms with van der Waals surface area (Å²) in [6.45, 7) is 6.19. The summed E-state index contributed by atoms with van der Waals surface area (Å²) in [5.41, 5.74) is 4.49. The van der Waals surface area contributed by atoms with Crippen LogP contribution in [-0.2, 0) is 39.8 Å². The molecule has 0 saturated heterocycles. The summed E-state index contributed by atoms with van der Waals surface area (Å²) in [5.74, 6) is 0. The zero-order chi connectivity index (χ0) is 9.59. The van der Waals surface area contributed by atoms with Crippen LogP contribution in [0.5, 0.6) is 0 Å². The van der Waals surface area contributed by atoms with Gasteiger partial charge in [-0.3, -0.25) is 0 Å². The molecule has 0 unspecified atom stereocenters. The molecule has 0 N–H and O–H groups in total. The van der Waals surface area contributed by atoms with Crippen molar-refractivity contribution in [1.29, 1.82) is 0 Å². The molecule has 0 atom stereocenters. The third kappa shape index (κ3) is 1.53. The molecule has 2 aromatic heterocycles. The van der Waals surface area contributed by atoms with Crippen molar-refractivity contribution in [2.75, 3.05) is 0 Å². The summed E-state index contributed by atoms with van der Waals surface area (Å²) >= 11 is 0. The number of nitrogens with zero attached hydrogens (tertiary/aromatic N) is 3. The number of hydrogen-bond acceptors (Lipinski definition) is 2. The van der Waals surface area contributed by atoms with Crippen molar-refractivity contribution in [2.45, 2.75) is 20.8 Å². The first-order chi connectivity index (χ1) is 6.13. The van der Waals surface area contributed by atoms with E-state index < -0.39 is 0 Å². The van der Waals surface area contributed by atoms with E-state index >= 15 is 0 Å². The Morgan fingerprint density at radius 3 is 2.36 bits per heavy atom. The first-order valence-corrected chi connectivity index (χ1v) is 4.29.